The Balaban J connectivity index is 2.36. The molecule has 0 saturated heterocycles. The van der Waals surface area contributed by atoms with Gasteiger partial charge >= 0.3 is 0 Å². The quantitative estimate of drug-likeness (QED) is 0.832. The first-order chi connectivity index (χ1) is 8.02. The molecule has 3 nitrogen and oxygen atoms in total. The number of nitrogens with one attached hydrogen (secondary N) is 1. The van der Waals surface area contributed by atoms with Crippen LogP contribution in [0.3, 0.4) is 0 Å². The van der Waals surface area contributed by atoms with E-state index in [9.17, 15) is 0 Å². The second-order valence-corrected chi connectivity index (χ2v) is 5.29. The van der Waals surface area contributed by atoms with Crippen LogP contribution in [0.1, 0.15) is 32.0 Å². The lowest BCUT2D eigenvalue weighted by molar-refractivity contribution is 0.590. The van der Waals surface area contributed by atoms with Gasteiger partial charge < -0.3 is 5.73 Å². The maximum atomic E-state index is 5.66. The first-order valence-electron chi connectivity index (χ1n) is 5.85. The fourth-order valence-corrected chi connectivity index (χ4v) is 1.87. The molecule has 2 aromatic rings. The first-order valence-corrected chi connectivity index (χ1v) is 5.85. The van der Waals surface area contributed by atoms with Gasteiger partial charge in [-0.05, 0) is 16.5 Å². The first kappa shape index (κ1) is 11.9. The minimum absolute atomic E-state index is 0.186. The molecule has 0 amide bonds. The maximum Gasteiger partial charge on any atom is 0.0569 e. The van der Waals surface area contributed by atoms with Crippen molar-refractivity contribution >= 4 is 0 Å². The third-order valence-electron chi connectivity index (χ3n) is 2.98. The second kappa shape index (κ2) is 4.34. The van der Waals surface area contributed by atoms with Crippen molar-refractivity contribution in [2.24, 2.45) is 5.73 Å². The summed E-state index contributed by atoms with van der Waals surface area (Å²) in [5, 5.41) is 6.96. The molecule has 1 aromatic heterocycles. The van der Waals surface area contributed by atoms with E-state index in [-0.39, 0.29) is 5.41 Å². The van der Waals surface area contributed by atoms with Gasteiger partial charge in [0.25, 0.3) is 0 Å². The topological polar surface area (TPSA) is 54.7 Å². The van der Waals surface area contributed by atoms with Gasteiger partial charge in [0.2, 0.25) is 0 Å². The highest BCUT2D eigenvalue weighted by atomic mass is 15.1. The molecule has 0 fully saturated rings. The van der Waals surface area contributed by atoms with Crippen LogP contribution in [-0.2, 0) is 12.0 Å². The molecule has 0 saturated carbocycles. The maximum absolute atomic E-state index is 5.66. The number of aromatic amines is 1. The Kier molecular flexibility index (Phi) is 3.03. The third-order valence-corrected chi connectivity index (χ3v) is 2.98. The summed E-state index contributed by atoms with van der Waals surface area (Å²) >= 11 is 0. The largest absolute Gasteiger partial charge is 0.325 e. The fraction of sp³-hybridized carbons (Fsp3) is 0.357. The van der Waals surface area contributed by atoms with E-state index in [2.05, 4.69) is 55.2 Å². The number of aromatic nitrogens is 2. The molecular weight excluding hydrogens is 210 g/mol. The Hall–Kier alpha value is -1.61. The Morgan fingerprint density at radius 3 is 2.35 bits per heavy atom. The summed E-state index contributed by atoms with van der Waals surface area (Å²) < 4.78 is 0. The lowest BCUT2D eigenvalue weighted by Crippen LogP contribution is -2.10. The standard InChI is InChI=1S/C14H19N3/c1-14(2,3)11-6-4-10(5-7-11)12-9-16-17-13(12)8-15/h4-7,9H,8,15H2,1-3H3,(H,16,17). The minimum Gasteiger partial charge on any atom is -0.325 e. The van der Waals surface area contributed by atoms with Crippen LogP contribution >= 0.6 is 0 Å². The van der Waals surface area contributed by atoms with Crippen LogP contribution in [0, 0.1) is 0 Å². The summed E-state index contributed by atoms with van der Waals surface area (Å²) in [7, 11) is 0. The van der Waals surface area contributed by atoms with Gasteiger partial charge in [0.15, 0.2) is 0 Å². The van der Waals surface area contributed by atoms with Crippen molar-refractivity contribution < 1.29 is 0 Å². The van der Waals surface area contributed by atoms with Crippen molar-refractivity contribution in [1.82, 2.24) is 10.2 Å². The summed E-state index contributed by atoms with van der Waals surface area (Å²) in [6.07, 6.45) is 1.83. The normalized spacial score (nSPS) is 11.8. The van der Waals surface area contributed by atoms with Crippen LogP contribution in [0.4, 0.5) is 0 Å². The number of benzene rings is 1. The molecule has 0 radical (unpaired) electrons. The molecule has 3 N–H and O–H groups in total. The van der Waals surface area contributed by atoms with E-state index in [1.807, 2.05) is 6.20 Å². The van der Waals surface area contributed by atoms with Gasteiger partial charge in [0, 0.05) is 12.1 Å². The lowest BCUT2D eigenvalue weighted by Gasteiger charge is -2.19. The molecule has 0 spiro atoms. The summed E-state index contributed by atoms with van der Waals surface area (Å²) in [4.78, 5) is 0. The van der Waals surface area contributed by atoms with Crippen LogP contribution in [0.2, 0.25) is 0 Å². The zero-order valence-corrected chi connectivity index (χ0v) is 10.6. The van der Waals surface area contributed by atoms with Crippen molar-refractivity contribution in [2.75, 3.05) is 0 Å². The van der Waals surface area contributed by atoms with Crippen LogP contribution in [0.15, 0.2) is 30.5 Å². The highest BCUT2D eigenvalue weighted by Crippen LogP contribution is 2.27. The SMILES string of the molecule is CC(C)(C)c1ccc(-c2cn[nH]c2CN)cc1. The molecule has 2 rings (SSSR count). The van der Waals surface area contributed by atoms with Gasteiger partial charge in [-0.3, -0.25) is 5.10 Å². The van der Waals surface area contributed by atoms with Crippen molar-refractivity contribution in [2.45, 2.75) is 32.7 Å². The van der Waals surface area contributed by atoms with Crippen molar-refractivity contribution in [1.29, 1.82) is 0 Å². The summed E-state index contributed by atoms with van der Waals surface area (Å²) in [6, 6.07) is 8.60. The van der Waals surface area contributed by atoms with Crippen LogP contribution in [-0.4, -0.2) is 10.2 Å². The summed E-state index contributed by atoms with van der Waals surface area (Å²) in [5.41, 5.74) is 10.4. The van der Waals surface area contributed by atoms with Gasteiger partial charge in [0.05, 0.1) is 11.9 Å². The van der Waals surface area contributed by atoms with Gasteiger partial charge in [-0.25, -0.2) is 0 Å². The molecular formula is C14H19N3. The molecule has 17 heavy (non-hydrogen) atoms. The predicted molar refractivity (Wildman–Crippen MR) is 70.6 cm³/mol. The zero-order valence-electron chi connectivity index (χ0n) is 10.6. The minimum atomic E-state index is 0.186. The van der Waals surface area contributed by atoms with E-state index < -0.39 is 0 Å². The predicted octanol–water partition coefficient (Wildman–Crippen LogP) is 2.83. The average molecular weight is 229 g/mol. The average Bonchev–Trinajstić information content (AvgIpc) is 2.76. The number of hydrogen-bond acceptors (Lipinski definition) is 2. The Bertz CT molecular complexity index is 489. The van der Waals surface area contributed by atoms with Gasteiger partial charge in [-0.1, -0.05) is 45.0 Å². The molecule has 0 aliphatic heterocycles. The highest BCUT2D eigenvalue weighted by molar-refractivity contribution is 5.65. The Morgan fingerprint density at radius 2 is 1.82 bits per heavy atom. The highest BCUT2D eigenvalue weighted by Gasteiger charge is 2.13. The number of rotatable bonds is 2. The Morgan fingerprint density at radius 1 is 1.18 bits per heavy atom. The van der Waals surface area contributed by atoms with Crippen LogP contribution < -0.4 is 5.73 Å². The van der Waals surface area contributed by atoms with E-state index >= 15 is 0 Å². The molecule has 0 unspecified atom stereocenters. The van der Waals surface area contributed by atoms with Gasteiger partial charge in [0.1, 0.15) is 0 Å². The molecule has 1 heterocycles. The Labute approximate surface area is 102 Å². The second-order valence-electron chi connectivity index (χ2n) is 5.29. The van der Waals surface area contributed by atoms with E-state index in [0.29, 0.717) is 6.54 Å². The molecule has 3 heteroatoms. The molecule has 0 aliphatic carbocycles. The van der Waals surface area contributed by atoms with E-state index in [4.69, 9.17) is 5.73 Å². The lowest BCUT2D eigenvalue weighted by atomic mass is 9.86. The molecule has 90 valence electrons. The fourth-order valence-electron chi connectivity index (χ4n) is 1.87. The van der Waals surface area contributed by atoms with E-state index in [1.54, 1.807) is 0 Å². The third kappa shape index (κ3) is 2.39. The van der Waals surface area contributed by atoms with Crippen molar-refractivity contribution in [3.8, 4) is 11.1 Å². The van der Waals surface area contributed by atoms with E-state index in [0.717, 1.165) is 16.8 Å². The van der Waals surface area contributed by atoms with E-state index in [1.165, 1.54) is 5.56 Å². The molecule has 0 bridgehead atoms. The molecule has 0 atom stereocenters. The number of nitrogens with zero attached hydrogens (tertiary/aromatic N) is 1. The summed E-state index contributed by atoms with van der Waals surface area (Å²) in [6.45, 7) is 7.12. The number of H-pyrrole nitrogens is 1. The monoisotopic (exact) mass is 229 g/mol. The van der Waals surface area contributed by atoms with Crippen LogP contribution in [0.5, 0.6) is 0 Å². The van der Waals surface area contributed by atoms with Crippen molar-refractivity contribution in [3.05, 3.63) is 41.7 Å². The number of hydrogen-bond donors (Lipinski definition) is 2. The van der Waals surface area contributed by atoms with Crippen LogP contribution in [0.25, 0.3) is 11.1 Å². The molecule has 1 aromatic carbocycles. The molecule has 0 aliphatic rings. The number of nitrogens with two attached hydrogens (primary N) is 1. The summed E-state index contributed by atoms with van der Waals surface area (Å²) in [5.74, 6) is 0. The van der Waals surface area contributed by atoms with Gasteiger partial charge in [-0.2, -0.15) is 5.10 Å². The van der Waals surface area contributed by atoms with Crippen molar-refractivity contribution in [3.63, 3.8) is 0 Å². The zero-order chi connectivity index (χ0) is 12.5. The van der Waals surface area contributed by atoms with Gasteiger partial charge in [-0.15, -0.1) is 0 Å². The smallest absolute Gasteiger partial charge is 0.0569 e.